The van der Waals surface area contributed by atoms with Gasteiger partial charge in [-0.2, -0.15) is 0 Å². The number of aliphatic imine (C=N–C) groups is 1. The van der Waals surface area contributed by atoms with Crippen LogP contribution in [-0.4, -0.2) is 42.9 Å². The minimum Gasteiger partial charge on any atom is -0.370 e. The maximum atomic E-state index is 13.7. The zero-order valence-electron chi connectivity index (χ0n) is 14.6. The number of carbonyl (C=O) groups is 1. The number of guanidine groups is 1. The number of hydrogen-bond donors (Lipinski definition) is 2. The van der Waals surface area contributed by atoms with Gasteiger partial charge >= 0.3 is 0 Å². The maximum Gasteiger partial charge on any atom is 0.217 e. The summed E-state index contributed by atoms with van der Waals surface area (Å²) in [6, 6.07) is 3.46. The molecule has 0 aromatic heterocycles. The molecule has 0 bridgehead atoms. The lowest BCUT2D eigenvalue weighted by Crippen LogP contribution is -2.47. The monoisotopic (exact) mass is 352 g/mol. The lowest BCUT2D eigenvalue weighted by Gasteiger charge is -2.34. The van der Waals surface area contributed by atoms with Crippen molar-refractivity contribution in [2.45, 2.75) is 32.6 Å². The van der Waals surface area contributed by atoms with Crippen molar-refractivity contribution < 1.29 is 13.6 Å². The van der Waals surface area contributed by atoms with E-state index in [0.29, 0.717) is 31.5 Å². The number of nitrogens with two attached hydrogens (primary N) is 1. The number of rotatable bonds is 6. The van der Waals surface area contributed by atoms with E-state index in [1.54, 1.807) is 0 Å². The molecule has 3 N–H and O–H groups in total. The predicted octanol–water partition coefficient (Wildman–Crippen LogP) is 2.06. The van der Waals surface area contributed by atoms with Gasteiger partial charge < -0.3 is 16.0 Å². The Hall–Kier alpha value is -2.18. The van der Waals surface area contributed by atoms with Crippen molar-refractivity contribution in [3.05, 3.63) is 35.4 Å². The Morgan fingerprint density at radius 3 is 2.96 bits per heavy atom. The molecule has 1 heterocycles. The van der Waals surface area contributed by atoms with Crippen LogP contribution in [0.5, 0.6) is 0 Å². The number of nitrogens with one attached hydrogen (secondary N) is 1. The van der Waals surface area contributed by atoms with Crippen molar-refractivity contribution in [3.63, 3.8) is 0 Å². The number of hydrogen-bond acceptors (Lipinski definition) is 2. The van der Waals surface area contributed by atoms with Crippen LogP contribution in [0.1, 0.15) is 31.7 Å². The molecule has 5 nitrogen and oxygen atoms in total. The van der Waals surface area contributed by atoms with Crippen LogP contribution in [0, 0.1) is 17.6 Å². The summed E-state index contributed by atoms with van der Waals surface area (Å²) < 4.78 is 26.9. The number of carbonyl (C=O) groups excluding carboxylic acids is 1. The van der Waals surface area contributed by atoms with Crippen LogP contribution < -0.4 is 11.1 Å². The Labute approximate surface area is 147 Å². The van der Waals surface area contributed by atoms with Gasteiger partial charge in [0, 0.05) is 32.6 Å². The third-order valence-electron chi connectivity index (χ3n) is 4.29. The fourth-order valence-corrected chi connectivity index (χ4v) is 3.15. The SMILES string of the molecule is CCNC(=NCCc1cc(F)ccc1F)N1CCCC(CC(N)=O)C1. The van der Waals surface area contributed by atoms with E-state index in [9.17, 15) is 13.6 Å². The molecule has 0 saturated carbocycles. The summed E-state index contributed by atoms with van der Waals surface area (Å²) in [5.74, 6) is -0.168. The highest BCUT2D eigenvalue weighted by molar-refractivity contribution is 5.80. The molecule has 2 rings (SSSR count). The summed E-state index contributed by atoms with van der Waals surface area (Å²) in [7, 11) is 0. The summed E-state index contributed by atoms with van der Waals surface area (Å²) >= 11 is 0. The molecule has 1 unspecified atom stereocenters. The van der Waals surface area contributed by atoms with Crippen LogP contribution in [-0.2, 0) is 11.2 Å². The van der Waals surface area contributed by atoms with Gasteiger partial charge in [0.2, 0.25) is 5.91 Å². The van der Waals surface area contributed by atoms with Gasteiger partial charge in [-0.15, -0.1) is 0 Å². The number of primary amides is 1. The van der Waals surface area contributed by atoms with Crippen molar-refractivity contribution in [1.29, 1.82) is 0 Å². The number of likely N-dealkylation sites (tertiary alicyclic amines) is 1. The molecule has 25 heavy (non-hydrogen) atoms. The second-order valence-electron chi connectivity index (χ2n) is 6.35. The quantitative estimate of drug-likeness (QED) is 0.608. The zero-order valence-corrected chi connectivity index (χ0v) is 14.6. The van der Waals surface area contributed by atoms with Gasteiger partial charge in [-0.05, 0) is 55.9 Å². The van der Waals surface area contributed by atoms with E-state index in [-0.39, 0.29) is 11.8 Å². The largest absolute Gasteiger partial charge is 0.370 e. The van der Waals surface area contributed by atoms with E-state index in [2.05, 4.69) is 15.2 Å². The number of amides is 1. The van der Waals surface area contributed by atoms with Crippen molar-refractivity contribution in [2.24, 2.45) is 16.6 Å². The minimum absolute atomic E-state index is 0.232. The topological polar surface area (TPSA) is 70.7 Å². The molecule has 1 saturated heterocycles. The second kappa shape index (κ2) is 9.34. The molecule has 1 aromatic carbocycles. The first-order chi connectivity index (χ1) is 12.0. The molecule has 1 aromatic rings. The molecule has 0 spiro atoms. The van der Waals surface area contributed by atoms with E-state index in [0.717, 1.165) is 44.0 Å². The van der Waals surface area contributed by atoms with E-state index < -0.39 is 11.6 Å². The molecule has 7 heteroatoms. The summed E-state index contributed by atoms with van der Waals surface area (Å²) in [6.07, 6.45) is 2.66. The van der Waals surface area contributed by atoms with Crippen molar-refractivity contribution in [2.75, 3.05) is 26.2 Å². The Morgan fingerprint density at radius 2 is 2.24 bits per heavy atom. The molecule has 0 aliphatic carbocycles. The Kier molecular flexibility index (Phi) is 7.16. The van der Waals surface area contributed by atoms with Gasteiger partial charge in [-0.25, -0.2) is 8.78 Å². The third-order valence-corrected chi connectivity index (χ3v) is 4.29. The molecule has 0 radical (unpaired) electrons. The number of halogens is 2. The maximum absolute atomic E-state index is 13.7. The summed E-state index contributed by atoms with van der Waals surface area (Å²) in [5, 5.41) is 3.23. The smallest absolute Gasteiger partial charge is 0.217 e. The van der Waals surface area contributed by atoms with Crippen molar-refractivity contribution in [1.82, 2.24) is 10.2 Å². The van der Waals surface area contributed by atoms with Crippen molar-refractivity contribution in [3.8, 4) is 0 Å². The lowest BCUT2D eigenvalue weighted by atomic mass is 9.95. The standard InChI is InChI=1S/C18H26F2N4O/c1-2-22-18(24-9-3-4-13(12-24)10-17(21)25)23-8-7-14-11-15(19)5-6-16(14)20/h5-6,11,13H,2-4,7-10,12H2,1H3,(H2,21,25)(H,22,23). The van der Waals surface area contributed by atoms with Crippen LogP contribution in [0.3, 0.4) is 0 Å². The average molecular weight is 352 g/mol. The first kappa shape index (κ1) is 19.1. The van der Waals surface area contributed by atoms with Gasteiger partial charge in [0.15, 0.2) is 5.96 Å². The predicted molar refractivity (Wildman–Crippen MR) is 94.1 cm³/mol. The highest BCUT2D eigenvalue weighted by atomic mass is 19.1. The van der Waals surface area contributed by atoms with E-state index in [1.807, 2.05) is 6.92 Å². The molecule has 1 atom stereocenters. The Morgan fingerprint density at radius 1 is 1.44 bits per heavy atom. The van der Waals surface area contributed by atoms with Gasteiger partial charge in [-0.3, -0.25) is 9.79 Å². The van der Waals surface area contributed by atoms with Crippen LogP contribution in [0.2, 0.25) is 0 Å². The first-order valence-corrected chi connectivity index (χ1v) is 8.75. The summed E-state index contributed by atoms with van der Waals surface area (Å²) in [5.41, 5.74) is 5.63. The number of piperidine rings is 1. The van der Waals surface area contributed by atoms with E-state index in [4.69, 9.17) is 5.73 Å². The fraction of sp³-hybridized carbons (Fsp3) is 0.556. The molecule has 1 fully saturated rings. The first-order valence-electron chi connectivity index (χ1n) is 8.75. The molecule has 1 aliphatic heterocycles. The highest BCUT2D eigenvalue weighted by Crippen LogP contribution is 2.19. The molecule has 1 aliphatic rings. The highest BCUT2D eigenvalue weighted by Gasteiger charge is 2.23. The van der Waals surface area contributed by atoms with E-state index in [1.165, 1.54) is 6.07 Å². The average Bonchev–Trinajstić information content (AvgIpc) is 2.57. The van der Waals surface area contributed by atoms with Crippen LogP contribution in [0.25, 0.3) is 0 Å². The van der Waals surface area contributed by atoms with E-state index >= 15 is 0 Å². The molecular weight excluding hydrogens is 326 g/mol. The molecule has 138 valence electrons. The number of nitrogens with zero attached hydrogens (tertiary/aromatic N) is 2. The minimum atomic E-state index is -0.447. The third kappa shape index (κ3) is 5.99. The molecule has 1 amide bonds. The van der Waals surface area contributed by atoms with Gasteiger partial charge in [0.25, 0.3) is 0 Å². The van der Waals surface area contributed by atoms with Crippen LogP contribution in [0.4, 0.5) is 8.78 Å². The Balaban J connectivity index is 1.99. The van der Waals surface area contributed by atoms with Crippen LogP contribution in [0.15, 0.2) is 23.2 Å². The summed E-state index contributed by atoms with van der Waals surface area (Å²) in [6.45, 7) is 4.63. The van der Waals surface area contributed by atoms with Crippen molar-refractivity contribution >= 4 is 11.9 Å². The lowest BCUT2D eigenvalue weighted by molar-refractivity contribution is -0.119. The van der Waals surface area contributed by atoms with Gasteiger partial charge in [0.1, 0.15) is 11.6 Å². The number of benzene rings is 1. The fourth-order valence-electron chi connectivity index (χ4n) is 3.15. The Bertz CT molecular complexity index is 621. The zero-order chi connectivity index (χ0) is 18.2. The van der Waals surface area contributed by atoms with Crippen LogP contribution >= 0.6 is 0 Å². The second-order valence-corrected chi connectivity index (χ2v) is 6.35. The normalized spacial score (nSPS) is 18.3. The van der Waals surface area contributed by atoms with Gasteiger partial charge in [0.05, 0.1) is 0 Å². The molecular formula is C18H26F2N4O. The summed E-state index contributed by atoms with van der Waals surface area (Å²) in [4.78, 5) is 17.8. The van der Waals surface area contributed by atoms with Gasteiger partial charge in [-0.1, -0.05) is 0 Å².